The molecule has 1 heterocycles. The van der Waals surface area contributed by atoms with E-state index in [-0.39, 0.29) is 43.1 Å². The number of carboxylic acids is 1. The number of aliphatic carboxylic acids is 1. The Morgan fingerprint density at radius 1 is 0.974 bits per heavy atom. The maximum Gasteiger partial charge on any atom is 0.321 e. The Morgan fingerprint density at radius 2 is 1.64 bits per heavy atom. The Morgan fingerprint density at radius 3 is 2.33 bits per heavy atom. The van der Waals surface area contributed by atoms with E-state index in [4.69, 9.17) is 21.4 Å². The maximum atomic E-state index is 14.1. The van der Waals surface area contributed by atoms with Crippen molar-refractivity contribution in [3.05, 3.63) is 88.4 Å². The molecule has 1 saturated carbocycles. The predicted molar refractivity (Wildman–Crippen MR) is 147 cm³/mol. The van der Waals surface area contributed by atoms with Gasteiger partial charge in [-0.15, -0.1) is 0 Å². The zero-order valence-corrected chi connectivity index (χ0v) is 22.0. The van der Waals surface area contributed by atoms with Gasteiger partial charge >= 0.3 is 11.9 Å². The lowest BCUT2D eigenvalue weighted by atomic mass is 9.56. The summed E-state index contributed by atoms with van der Waals surface area (Å²) in [5, 5.41) is 11.3. The summed E-state index contributed by atoms with van der Waals surface area (Å²) in [4.78, 5) is 52.7. The molecule has 1 unspecified atom stereocenters. The first-order valence-electron chi connectivity index (χ1n) is 12.7. The molecule has 1 aliphatic carbocycles. The van der Waals surface area contributed by atoms with Gasteiger partial charge in [0.2, 0.25) is 0 Å². The van der Waals surface area contributed by atoms with Crippen molar-refractivity contribution in [2.24, 2.45) is 11.3 Å². The van der Waals surface area contributed by atoms with E-state index in [9.17, 15) is 24.3 Å². The Hall–Kier alpha value is -4.17. The number of carbonyl (C=O) groups excluding carboxylic acids is 3. The van der Waals surface area contributed by atoms with Crippen molar-refractivity contribution in [3.8, 4) is 0 Å². The maximum absolute atomic E-state index is 14.1. The van der Waals surface area contributed by atoms with Crippen molar-refractivity contribution in [2.75, 3.05) is 6.61 Å². The number of para-hydroxylation sites is 1. The van der Waals surface area contributed by atoms with Crippen LogP contribution in [-0.4, -0.2) is 35.2 Å². The van der Waals surface area contributed by atoms with Crippen LogP contribution < -0.4 is 0 Å². The highest BCUT2D eigenvalue weighted by Crippen LogP contribution is 2.51. The highest BCUT2D eigenvalue weighted by Gasteiger charge is 2.59. The molecule has 4 aromatic rings. The van der Waals surface area contributed by atoms with Crippen LogP contribution in [0.1, 0.15) is 48.0 Å². The molecule has 1 aromatic heterocycles. The Balaban J connectivity index is 1.54. The number of benzene rings is 3. The quantitative estimate of drug-likeness (QED) is 0.0864. The van der Waals surface area contributed by atoms with Crippen LogP contribution in [0.3, 0.4) is 0 Å². The zero-order chi connectivity index (χ0) is 27.7. The average Bonchev–Trinajstić information content (AvgIpc) is 2.91. The fourth-order valence-corrected chi connectivity index (χ4v) is 5.93. The lowest BCUT2D eigenvalue weighted by molar-refractivity contribution is -0.167. The first-order chi connectivity index (χ1) is 18.8. The van der Waals surface area contributed by atoms with Crippen molar-refractivity contribution in [2.45, 2.75) is 32.1 Å². The van der Waals surface area contributed by atoms with Gasteiger partial charge in [-0.2, -0.15) is 0 Å². The van der Waals surface area contributed by atoms with Crippen molar-refractivity contribution in [3.63, 3.8) is 0 Å². The van der Waals surface area contributed by atoms with Gasteiger partial charge in [0.25, 0.3) is 0 Å². The Kier molecular flexibility index (Phi) is 7.14. The molecule has 1 atom stereocenters. The third-order valence-electron chi connectivity index (χ3n) is 7.46. The minimum absolute atomic E-state index is 0.00961. The normalized spacial score (nSPS) is 19.3. The number of hydrogen-bond donors (Lipinski definition) is 1. The number of carboxylic acid groups (broad SMARTS) is 1. The van der Waals surface area contributed by atoms with Crippen molar-refractivity contribution >= 4 is 57.7 Å². The molecule has 3 aromatic carbocycles. The zero-order valence-electron chi connectivity index (χ0n) is 21.2. The molecule has 8 heteroatoms. The number of ether oxygens (including phenoxy) is 1. The molecular weight excluding hydrogens is 516 g/mol. The highest BCUT2D eigenvalue weighted by molar-refractivity contribution is 7.72. The molecule has 1 fully saturated rings. The topological polar surface area (TPSA) is 111 Å². The van der Waals surface area contributed by atoms with E-state index in [1.54, 1.807) is 73.7 Å². The lowest BCUT2D eigenvalue weighted by Gasteiger charge is -2.44. The molecule has 0 saturated heterocycles. The summed E-state index contributed by atoms with van der Waals surface area (Å²) >= 11 is 5.76. The van der Waals surface area contributed by atoms with Crippen LogP contribution in [0.5, 0.6) is 0 Å². The molecule has 5 rings (SSSR count). The van der Waals surface area contributed by atoms with Gasteiger partial charge in [0.05, 0.1) is 11.1 Å². The van der Waals surface area contributed by atoms with Crippen molar-refractivity contribution < 1.29 is 33.4 Å². The highest BCUT2D eigenvalue weighted by atomic mass is 32.1. The summed E-state index contributed by atoms with van der Waals surface area (Å²) in [6.07, 6.45) is 0.0226. The largest absolute Gasteiger partial charge is 0.480 e. The number of esters is 1. The van der Waals surface area contributed by atoms with Gasteiger partial charge in [-0.3, -0.25) is 19.2 Å². The first-order valence-corrected chi connectivity index (χ1v) is 13.1. The van der Waals surface area contributed by atoms with E-state index >= 15 is 0 Å². The second-order valence-electron chi connectivity index (χ2n) is 9.85. The van der Waals surface area contributed by atoms with Gasteiger partial charge in [0.1, 0.15) is 22.5 Å². The molecular formula is C31H26O7S. The number of rotatable bonds is 9. The summed E-state index contributed by atoms with van der Waals surface area (Å²) in [7, 11) is 0. The Bertz CT molecular complexity index is 1670. The second-order valence-corrected chi connectivity index (χ2v) is 10.3. The minimum Gasteiger partial charge on any atom is -0.480 e. The monoisotopic (exact) mass is 542 g/mol. The van der Waals surface area contributed by atoms with Gasteiger partial charge in [-0.05, 0) is 49.4 Å². The summed E-state index contributed by atoms with van der Waals surface area (Å²) in [6.45, 7) is 1.63. The molecule has 0 aliphatic heterocycles. The van der Waals surface area contributed by atoms with Crippen LogP contribution >= 0.6 is 12.2 Å². The first kappa shape index (κ1) is 26.4. The van der Waals surface area contributed by atoms with Crippen LogP contribution in [0.25, 0.3) is 21.9 Å². The standard InChI is InChI=1S/C31H26O7S/c1-2-37-29(34)26(21-12-8-14-24-25(21)27(39)20-11-6-7-13-23(20)38-24)28(33)31(30(35)36)16-18(17-31)15-22(32)19-9-4-3-5-10-19/h3-14,18,26H,2,15-17H2,1H3,(H,35,36). The molecule has 1 aliphatic rings. The summed E-state index contributed by atoms with van der Waals surface area (Å²) in [6, 6.07) is 20.8. The van der Waals surface area contributed by atoms with Crippen LogP contribution in [0.2, 0.25) is 0 Å². The van der Waals surface area contributed by atoms with E-state index in [0.717, 1.165) is 0 Å². The number of Topliss-reactive ketones (excluding diaryl/α,β-unsaturated/α-hetero) is 2. The smallest absolute Gasteiger partial charge is 0.321 e. The van der Waals surface area contributed by atoms with Crippen molar-refractivity contribution in [1.29, 1.82) is 0 Å². The number of hydrogen-bond acceptors (Lipinski definition) is 7. The number of ketones is 2. The van der Waals surface area contributed by atoms with Crippen molar-refractivity contribution in [1.82, 2.24) is 0 Å². The number of carbonyl (C=O) groups is 4. The molecule has 0 bridgehead atoms. The van der Waals surface area contributed by atoms with Gasteiger partial charge < -0.3 is 14.3 Å². The third-order valence-corrected chi connectivity index (χ3v) is 7.88. The second kappa shape index (κ2) is 10.5. The lowest BCUT2D eigenvalue weighted by Crippen LogP contribution is -2.53. The van der Waals surface area contributed by atoms with Crippen LogP contribution in [0.15, 0.2) is 77.2 Å². The van der Waals surface area contributed by atoms with Gasteiger partial charge in [0, 0.05) is 22.8 Å². The van der Waals surface area contributed by atoms with E-state index in [1.165, 1.54) is 0 Å². The number of fused-ring (bicyclic) bond motifs is 2. The van der Waals surface area contributed by atoms with Crippen LogP contribution in [0, 0.1) is 15.8 Å². The third kappa shape index (κ3) is 4.65. The van der Waals surface area contributed by atoms with Gasteiger partial charge in [0.15, 0.2) is 11.6 Å². The van der Waals surface area contributed by atoms with Gasteiger partial charge in [-0.1, -0.05) is 66.8 Å². The van der Waals surface area contributed by atoms with E-state index in [2.05, 4.69) is 0 Å². The summed E-state index contributed by atoms with van der Waals surface area (Å²) in [5.74, 6) is -4.88. The van der Waals surface area contributed by atoms with Crippen LogP contribution in [-0.2, 0) is 19.1 Å². The predicted octanol–water partition coefficient (Wildman–Crippen LogP) is 6.29. The average molecular weight is 543 g/mol. The van der Waals surface area contributed by atoms with Gasteiger partial charge in [-0.25, -0.2) is 0 Å². The molecule has 0 spiro atoms. The molecule has 198 valence electrons. The SMILES string of the molecule is CCOC(=O)C(C(=O)C1(C(=O)O)CC(CC(=O)c2ccccc2)C1)c1cccc2oc3ccccc3c(=S)c12. The van der Waals surface area contributed by atoms with E-state index < -0.39 is 29.1 Å². The summed E-state index contributed by atoms with van der Waals surface area (Å²) < 4.78 is 11.7. The fourth-order valence-electron chi connectivity index (χ4n) is 5.55. The molecule has 0 radical (unpaired) electrons. The minimum atomic E-state index is -1.82. The summed E-state index contributed by atoms with van der Waals surface area (Å²) in [5.41, 5.74) is -0.108. The van der Waals surface area contributed by atoms with E-state index in [0.29, 0.717) is 32.0 Å². The van der Waals surface area contributed by atoms with Crippen LogP contribution in [0.4, 0.5) is 0 Å². The fraction of sp³-hybridized carbons (Fsp3) is 0.258. The Labute approximate surface area is 229 Å². The van der Waals surface area contributed by atoms with E-state index in [1.807, 2.05) is 6.07 Å². The molecule has 1 N–H and O–H groups in total. The molecule has 7 nitrogen and oxygen atoms in total. The molecule has 39 heavy (non-hydrogen) atoms. The molecule has 0 amide bonds.